The topological polar surface area (TPSA) is 49.6 Å². The Kier molecular flexibility index (Phi) is 3.18. The molecule has 4 heterocycles. The summed E-state index contributed by atoms with van der Waals surface area (Å²) in [5.41, 5.74) is 3.02. The first-order valence-electron chi connectivity index (χ1n) is 8.11. The lowest BCUT2D eigenvalue weighted by Gasteiger charge is -2.39. The molecule has 2 aromatic rings. The number of aromatic nitrogens is 2. The smallest absolute Gasteiger partial charge is 0.274 e. The molecule has 2 aliphatic heterocycles. The largest absolute Gasteiger partial charge is 0.337 e. The number of carbonyl (C=O) groups is 1. The van der Waals surface area contributed by atoms with Gasteiger partial charge >= 0.3 is 0 Å². The highest BCUT2D eigenvalue weighted by Gasteiger charge is 2.39. The quantitative estimate of drug-likeness (QED) is 0.874. The van der Waals surface area contributed by atoms with E-state index in [0.717, 1.165) is 38.1 Å². The third-order valence-corrected chi connectivity index (χ3v) is 5.12. The van der Waals surface area contributed by atoms with Crippen molar-refractivity contribution < 1.29 is 4.79 Å². The second-order valence-electron chi connectivity index (χ2n) is 6.86. The van der Waals surface area contributed by atoms with Gasteiger partial charge in [0.1, 0.15) is 0 Å². The standard InChI is InChI=1S/C17H22N4O/c1-13-3-8-21-14(9-13)10-15(19-21)16(22)20-7-2-4-17(12-20)5-6-18-11-17/h3,8-10,18H,2,4-7,11-12H2,1H3/t17-/m1/s1. The van der Waals surface area contributed by atoms with Crippen molar-refractivity contribution in [2.45, 2.75) is 26.2 Å². The summed E-state index contributed by atoms with van der Waals surface area (Å²) in [5, 5.41) is 7.91. The summed E-state index contributed by atoms with van der Waals surface area (Å²) in [7, 11) is 0. The van der Waals surface area contributed by atoms with Crippen molar-refractivity contribution in [3.63, 3.8) is 0 Å². The van der Waals surface area contributed by atoms with Gasteiger partial charge in [0.15, 0.2) is 5.69 Å². The van der Waals surface area contributed by atoms with Crippen LogP contribution in [0.4, 0.5) is 0 Å². The maximum absolute atomic E-state index is 12.8. The van der Waals surface area contributed by atoms with Crippen LogP contribution in [-0.2, 0) is 0 Å². The lowest BCUT2D eigenvalue weighted by molar-refractivity contribution is 0.0547. The summed E-state index contributed by atoms with van der Waals surface area (Å²) in [6, 6.07) is 5.97. The summed E-state index contributed by atoms with van der Waals surface area (Å²) in [6.07, 6.45) is 5.43. The Hall–Kier alpha value is -1.88. The van der Waals surface area contributed by atoms with Crippen molar-refractivity contribution in [3.05, 3.63) is 35.7 Å². The first-order chi connectivity index (χ1) is 10.7. The van der Waals surface area contributed by atoms with Crippen LogP contribution in [0.15, 0.2) is 24.4 Å². The Labute approximate surface area is 130 Å². The molecule has 0 aromatic carbocycles. The highest BCUT2D eigenvalue weighted by molar-refractivity contribution is 5.93. The zero-order valence-electron chi connectivity index (χ0n) is 13.0. The molecule has 116 valence electrons. The normalized spacial score (nSPS) is 25.2. The lowest BCUT2D eigenvalue weighted by atomic mass is 9.79. The van der Waals surface area contributed by atoms with Crippen molar-refractivity contribution in [1.82, 2.24) is 19.8 Å². The molecule has 22 heavy (non-hydrogen) atoms. The molecule has 5 heteroatoms. The number of nitrogens with zero attached hydrogens (tertiary/aromatic N) is 3. The van der Waals surface area contributed by atoms with Crippen LogP contribution in [0.25, 0.3) is 5.52 Å². The van der Waals surface area contributed by atoms with Crippen molar-refractivity contribution in [2.24, 2.45) is 5.41 Å². The average Bonchev–Trinajstić information content (AvgIpc) is 3.13. The van der Waals surface area contributed by atoms with E-state index in [1.807, 2.05) is 23.2 Å². The molecule has 1 N–H and O–H groups in total. The molecule has 1 spiro atoms. The summed E-state index contributed by atoms with van der Waals surface area (Å²) < 4.78 is 1.79. The van der Waals surface area contributed by atoms with Gasteiger partial charge < -0.3 is 10.2 Å². The number of nitrogens with one attached hydrogen (secondary N) is 1. The van der Waals surface area contributed by atoms with Crippen LogP contribution in [0, 0.1) is 12.3 Å². The van der Waals surface area contributed by atoms with E-state index in [0.29, 0.717) is 11.1 Å². The second-order valence-corrected chi connectivity index (χ2v) is 6.86. The predicted octanol–water partition coefficient (Wildman–Crippen LogP) is 1.86. The number of piperidine rings is 1. The number of rotatable bonds is 1. The molecule has 4 rings (SSSR count). The van der Waals surface area contributed by atoms with Crippen LogP contribution >= 0.6 is 0 Å². The van der Waals surface area contributed by atoms with E-state index >= 15 is 0 Å². The van der Waals surface area contributed by atoms with Gasteiger partial charge in [-0.05, 0) is 56.5 Å². The molecule has 1 atom stereocenters. The monoisotopic (exact) mass is 298 g/mol. The van der Waals surface area contributed by atoms with Gasteiger partial charge in [0, 0.05) is 31.2 Å². The first kappa shape index (κ1) is 13.8. The summed E-state index contributed by atoms with van der Waals surface area (Å²) >= 11 is 0. The minimum Gasteiger partial charge on any atom is -0.337 e. The van der Waals surface area contributed by atoms with E-state index in [2.05, 4.69) is 23.4 Å². The fraction of sp³-hybridized carbons (Fsp3) is 0.529. The third kappa shape index (κ3) is 2.29. The van der Waals surface area contributed by atoms with Crippen LogP contribution < -0.4 is 5.32 Å². The van der Waals surface area contributed by atoms with E-state index in [1.165, 1.54) is 18.4 Å². The molecule has 0 aliphatic carbocycles. The number of carbonyl (C=O) groups excluding carboxylic acids is 1. The maximum Gasteiger partial charge on any atom is 0.274 e. The van der Waals surface area contributed by atoms with Crippen molar-refractivity contribution in [3.8, 4) is 0 Å². The van der Waals surface area contributed by atoms with E-state index in [9.17, 15) is 4.79 Å². The molecule has 2 saturated heterocycles. The van der Waals surface area contributed by atoms with Crippen LogP contribution in [0.1, 0.15) is 35.3 Å². The summed E-state index contributed by atoms with van der Waals surface area (Å²) in [6.45, 7) is 5.89. The van der Waals surface area contributed by atoms with Gasteiger partial charge in [-0.25, -0.2) is 4.52 Å². The molecule has 2 fully saturated rings. The van der Waals surface area contributed by atoms with E-state index in [1.54, 1.807) is 4.52 Å². The van der Waals surface area contributed by atoms with Gasteiger partial charge in [0.2, 0.25) is 0 Å². The molecule has 0 radical (unpaired) electrons. The van der Waals surface area contributed by atoms with Crippen LogP contribution in [0.5, 0.6) is 0 Å². The SMILES string of the molecule is Cc1ccn2nc(C(=O)N3CCC[C@]4(CCNC4)C3)cc2c1. The highest BCUT2D eigenvalue weighted by Crippen LogP contribution is 2.35. The van der Waals surface area contributed by atoms with Gasteiger partial charge in [-0.2, -0.15) is 5.10 Å². The number of hydrogen-bond acceptors (Lipinski definition) is 3. The second kappa shape index (κ2) is 5.09. The van der Waals surface area contributed by atoms with Crippen molar-refractivity contribution in [2.75, 3.05) is 26.2 Å². The highest BCUT2D eigenvalue weighted by atomic mass is 16.2. The van der Waals surface area contributed by atoms with Crippen LogP contribution in [-0.4, -0.2) is 46.6 Å². The third-order valence-electron chi connectivity index (χ3n) is 5.12. The van der Waals surface area contributed by atoms with Gasteiger partial charge in [0.25, 0.3) is 5.91 Å². The fourth-order valence-corrected chi connectivity index (χ4v) is 3.90. The molecular formula is C17H22N4O. The first-order valence-corrected chi connectivity index (χ1v) is 8.11. The predicted molar refractivity (Wildman–Crippen MR) is 85.0 cm³/mol. The van der Waals surface area contributed by atoms with Gasteiger partial charge in [-0.3, -0.25) is 4.79 Å². The molecule has 2 aromatic heterocycles. The average molecular weight is 298 g/mol. The molecule has 5 nitrogen and oxygen atoms in total. The fourth-order valence-electron chi connectivity index (χ4n) is 3.90. The number of amides is 1. The minimum absolute atomic E-state index is 0.0762. The molecule has 0 unspecified atom stereocenters. The zero-order chi connectivity index (χ0) is 15.2. The Balaban J connectivity index is 1.59. The van der Waals surface area contributed by atoms with E-state index in [-0.39, 0.29) is 5.91 Å². The van der Waals surface area contributed by atoms with Crippen LogP contribution in [0.2, 0.25) is 0 Å². The number of likely N-dealkylation sites (tertiary alicyclic amines) is 1. The number of pyridine rings is 1. The number of hydrogen-bond donors (Lipinski definition) is 1. The van der Waals surface area contributed by atoms with E-state index < -0.39 is 0 Å². The van der Waals surface area contributed by atoms with Crippen LogP contribution in [0.3, 0.4) is 0 Å². The maximum atomic E-state index is 12.8. The minimum atomic E-state index is 0.0762. The number of aryl methyl sites for hydroxylation is 1. The molecular weight excluding hydrogens is 276 g/mol. The Morgan fingerprint density at radius 1 is 1.36 bits per heavy atom. The van der Waals surface area contributed by atoms with Gasteiger partial charge in [-0.15, -0.1) is 0 Å². The molecule has 0 bridgehead atoms. The van der Waals surface area contributed by atoms with Gasteiger partial charge in [-0.1, -0.05) is 0 Å². The molecule has 0 saturated carbocycles. The molecule has 1 amide bonds. The van der Waals surface area contributed by atoms with Crippen molar-refractivity contribution in [1.29, 1.82) is 0 Å². The summed E-state index contributed by atoms with van der Waals surface area (Å²) in [5.74, 6) is 0.0762. The zero-order valence-corrected chi connectivity index (χ0v) is 13.0. The number of fused-ring (bicyclic) bond motifs is 1. The van der Waals surface area contributed by atoms with E-state index in [4.69, 9.17) is 0 Å². The lowest BCUT2D eigenvalue weighted by Crippen LogP contribution is -2.47. The Bertz CT molecular complexity index is 715. The Morgan fingerprint density at radius 3 is 3.09 bits per heavy atom. The summed E-state index contributed by atoms with van der Waals surface area (Å²) in [4.78, 5) is 14.8. The molecule has 2 aliphatic rings. The Morgan fingerprint density at radius 2 is 2.27 bits per heavy atom. The van der Waals surface area contributed by atoms with Crippen molar-refractivity contribution >= 4 is 11.4 Å². The van der Waals surface area contributed by atoms with Gasteiger partial charge in [0.05, 0.1) is 5.52 Å².